The molecule has 0 unspecified atom stereocenters. The molecule has 1 rings (SSSR count). The van der Waals surface area contributed by atoms with Crippen LogP contribution in [0.1, 0.15) is 51.7 Å². The lowest BCUT2D eigenvalue weighted by Crippen LogP contribution is -2.19. The summed E-state index contributed by atoms with van der Waals surface area (Å²) in [6, 6.07) is 0. The summed E-state index contributed by atoms with van der Waals surface area (Å²) in [6.07, 6.45) is 0.575. The predicted molar refractivity (Wildman–Crippen MR) is 58.1 cm³/mol. The second-order valence-electron chi connectivity index (χ2n) is 5.11. The van der Waals surface area contributed by atoms with Gasteiger partial charge in [0.2, 0.25) is 5.89 Å². The fourth-order valence-corrected chi connectivity index (χ4v) is 1.46. The second-order valence-corrected chi connectivity index (χ2v) is 5.11. The van der Waals surface area contributed by atoms with Crippen molar-refractivity contribution in [3.05, 3.63) is 11.7 Å². The SMILES string of the molecule is CC(C)c1noc(CC(C)(C)CC(=O)O)n1. The average Bonchev–Trinajstić information content (AvgIpc) is 2.48. The Balaban J connectivity index is 2.68. The lowest BCUT2D eigenvalue weighted by atomic mass is 9.86. The molecule has 0 bridgehead atoms. The molecule has 5 nitrogen and oxygen atoms in total. The molecule has 1 aromatic rings. The molecular weight excluding hydrogens is 208 g/mol. The number of aromatic nitrogens is 2. The highest BCUT2D eigenvalue weighted by Gasteiger charge is 2.25. The van der Waals surface area contributed by atoms with Gasteiger partial charge in [0, 0.05) is 12.3 Å². The molecule has 16 heavy (non-hydrogen) atoms. The van der Waals surface area contributed by atoms with E-state index >= 15 is 0 Å². The number of carboxylic acids is 1. The molecule has 0 radical (unpaired) electrons. The van der Waals surface area contributed by atoms with Crippen LogP contribution in [-0.4, -0.2) is 21.2 Å². The van der Waals surface area contributed by atoms with Crippen molar-refractivity contribution in [1.82, 2.24) is 10.1 Å². The monoisotopic (exact) mass is 226 g/mol. The number of carboxylic acid groups (broad SMARTS) is 1. The summed E-state index contributed by atoms with van der Waals surface area (Å²) < 4.78 is 5.09. The maximum Gasteiger partial charge on any atom is 0.303 e. The molecule has 1 heterocycles. The van der Waals surface area contributed by atoms with Crippen molar-refractivity contribution >= 4 is 5.97 Å². The van der Waals surface area contributed by atoms with Crippen molar-refractivity contribution in [3.8, 4) is 0 Å². The minimum absolute atomic E-state index is 0.0897. The highest BCUT2D eigenvalue weighted by molar-refractivity contribution is 5.67. The normalized spacial score (nSPS) is 12.1. The van der Waals surface area contributed by atoms with Crippen LogP contribution in [0.3, 0.4) is 0 Å². The van der Waals surface area contributed by atoms with E-state index in [1.54, 1.807) is 0 Å². The van der Waals surface area contributed by atoms with E-state index in [1.165, 1.54) is 0 Å². The van der Waals surface area contributed by atoms with Gasteiger partial charge in [0.25, 0.3) is 0 Å². The van der Waals surface area contributed by atoms with Crippen LogP contribution in [-0.2, 0) is 11.2 Å². The summed E-state index contributed by atoms with van der Waals surface area (Å²) in [4.78, 5) is 14.9. The van der Waals surface area contributed by atoms with Gasteiger partial charge in [-0.3, -0.25) is 4.79 Å². The van der Waals surface area contributed by atoms with E-state index in [0.717, 1.165) is 0 Å². The topological polar surface area (TPSA) is 76.2 Å². The first-order chi connectivity index (χ1) is 7.30. The molecule has 0 aromatic carbocycles. The van der Waals surface area contributed by atoms with Gasteiger partial charge in [0.05, 0.1) is 6.42 Å². The van der Waals surface area contributed by atoms with Crippen LogP contribution >= 0.6 is 0 Å². The van der Waals surface area contributed by atoms with Crippen molar-refractivity contribution in [2.45, 2.75) is 46.5 Å². The number of aliphatic carboxylic acids is 1. The van der Waals surface area contributed by atoms with E-state index in [1.807, 2.05) is 27.7 Å². The second kappa shape index (κ2) is 4.63. The predicted octanol–water partition coefficient (Wildman–Crippen LogP) is 2.24. The fourth-order valence-electron chi connectivity index (χ4n) is 1.46. The summed E-state index contributed by atoms with van der Waals surface area (Å²) in [6.45, 7) is 7.72. The van der Waals surface area contributed by atoms with E-state index in [0.29, 0.717) is 18.1 Å². The molecule has 0 aliphatic carbocycles. The van der Waals surface area contributed by atoms with Gasteiger partial charge in [-0.1, -0.05) is 32.9 Å². The Bertz CT molecular complexity index is 369. The van der Waals surface area contributed by atoms with Crippen molar-refractivity contribution in [1.29, 1.82) is 0 Å². The van der Waals surface area contributed by atoms with Crippen LogP contribution in [0.15, 0.2) is 4.52 Å². The van der Waals surface area contributed by atoms with Crippen LogP contribution in [0.4, 0.5) is 0 Å². The van der Waals surface area contributed by atoms with Gasteiger partial charge in [-0.15, -0.1) is 0 Å². The Morgan fingerprint density at radius 1 is 1.50 bits per heavy atom. The molecule has 0 aliphatic heterocycles. The van der Waals surface area contributed by atoms with E-state index in [4.69, 9.17) is 9.63 Å². The smallest absolute Gasteiger partial charge is 0.303 e. The minimum atomic E-state index is -0.811. The fraction of sp³-hybridized carbons (Fsp3) is 0.727. The lowest BCUT2D eigenvalue weighted by Gasteiger charge is -2.19. The third-order valence-corrected chi connectivity index (χ3v) is 2.26. The lowest BCUT2D eigenvalue weighted by molar-refractivity contribution is -0.139. The molecular formula is C11H18N2O3. The summed E-state index contributed by atoms with van der Waals surface area (Å²) in [7, 11) is 0. The van der Waals surface area contributed by atoms with Gasteiger partial charge in [0.15, 0.2) is 5.82 Å². The summed E-state index contributed by atoms with van der Waals surface area (Å²) >= 11 is 0. The molecule has 0 spiro atoms. The molecule has 0 saturated heterocycles. The van der Waals surface area contributed by atoms with Crippen LogP contribution in [0.5, 0.6) is 0 Å². The molecule has 1 N–H and O–H groups in total. The first-order valence-electron chi connectivity index (χ1n) is 5.34. The molecule has 1 aromatic heterocycles. The third-order valence-electron chi connectivity index (χ3n) is 2.26. The van der Waals surface area contributed by atoms with Gasteiger partial charge >= 0.3 is 5.97 Å². The Morgan fingerprint density at radius 3 is 2.56 bits per heavy atom. The number of nitrogens with zero attached hydrogens (tertiary/aromatic N) is 2. The zero-order valence-electron chi connectivity index (χ0n) is 10.1. The minimum Gasteiger partial charge on any atom is -0.481 e. The number of hydrogen-bond acceptors (Lipinski definition) is 4. The number of hydrogen-bond donors (Lipinski definition) is 1. The highest BCUT2D eigenvalue weighted by atomic mass is 16.5. The average molecular weight is 226 g/mol. The van der Waals surface area contributed by atoms with Crippen molar-refractivity contribution in [2.75, 3.05) is 0 Å². The third kappa shape index (κ3) is 3.64. The van der Waals surface area contributed by atoms with E-state index in [9.17, 15) is 4.79 Å². The van der Waals surface area contributed by atoms with Crippen LogP contribution in [0.25, 0.3) is 0 Å². The quantitative estimate of drug-likeness (QED) is 0.833. The Labute approximate surface area is 94.9 Å². The highest BCUT2D eigenvalue weighted by Crippen LogP contribution is 2.25. The van der Waals surface area contributed by atoms with Gasteiger partial charge in [-0.25, -0.2) is 0 Å². The Kier molecular flexibility index (Phi) is 3.67. The maximum atomic E-state index is 10.7. The van der Waals surface area contributed by atoms with E-state index in [2.05, 4.69) is 10.1 Å². The zero-order chi connectivity index (χ0) is 12.3. The first kappa shape index (κ1) is 12.7. The Hall–Kier alpha value is -1.39. The van der Waals surface area contributed by atoms with Gasteiger partial charge in [-0.2, -0.15) is 4.98 Å². The van der Waals surface area contributed by atoms with Crippen molar-refractivity contribution in [3.63, 3.8) is 0 Å². The standard InChI is InChI=1S/C11H18N2O3/c1-7(2)10-12-8(16-13-10)5-11(3,4)6-9(14)15/h7H,5-6H2,1-4H3,(H,14,15). The van der Waals surface area contributed by atoms with Crippen LogP contribution in [0, 0.1) is 5.41 Å². The molecule has 0 atom stereocenters. The molecule has 0 saturated carbocycles. The van der Waals surface area contributed by atoms with Crippen molar-refractivity contribution in [2.24, 2.45) is 5.41 Å². The summed E-state index contributed by atoms with van der Waals surface area (Å²) in [5.74, 6) is 0.588. The summed E-state index contributed by atoms with van der Waals surface area (Å²) in [5.41, 5.74) is -0.368. The molecule has 0 aliphatic rings. The van der Waals surface area contributed by atoms with E-state index in [-0.39, 0.29) is 17.8 Å². The first-order valence-corrected chi connectivity index (χ1v) is 5.34. The molecule has 0 amide bonds. The maximum absolute atomic E-state index is 10.7. The summed E-state index contributed by atoms with van der Waals surface area (Å²) in [5, 5.41) is 12.6. The van der Waals surface area contributed by atoms with Crippen LogP contribution in [0.2, 0.25) is 0 Å². The van der Waals surface area contributed by atoms with Gasteiger partial charge in [0.1, 0.15) is 0 Å². The largest absolute Gasteiger partial charge is 0.481 e. The van der Waals surface area contributed by atoms with Gasteiger partial charge < -0.3 is 9.63 Å². The number of rotatable bonds is 5. The number of carbonyl (C=O) groups is 1. The molecule has 0 fully saturated rings. The molecule has 90 valence electrons. The van der Waals surface area contributed by atoms with E-state index < -0.39 is 5.97 Å². The molecule has 5 heteroatoms. The van der Waals surface area contributed by atoms with Crippen LogP contribution < -0.4 is 0 Å². The Morgan fingerprint density at radius 2 is 2.12 bits per heavy atom. The van der Waals surface area contributed by atoms with Gasteiger partial charge in [-0.05, 0) is 5.41 Å². The van der Waals surface area contributed by atoms with Crippen molar-refractivity contribution < 1.29 is 14.4 Å². The zero-order valence-corrected chi connectivity index (χ0v) is 10.1.